The minimum atomic E-state index is -1.11. The molecule has 0 saturated heterocycles. The number of carbonyl (C=O) groups is 1. The van der Waals surface area contributed by atoms with Gasteiger partial charge < -0.3 is 9.67 Å². The summed E-state index contributed by atoms with van der Waals surface area (Å²) in [5.41, 5.74) is 0.497. The number of imidazole rings is 1. The molecule has 4 nitrogen and oxygen atoms in total. The fraction of sp³-hybridized carbons (Fsp3) is 0.0909. The number of carboxylic acid groups (broad SMARTS) is 1. The first kappa shape index (κ1) is 11.6. The van der Waals surface area contributed by atoms with Crippen molar-refractivity contribution in [2.75, 3.05) is 0 Å². The Hall–Kier alpha value is -1.88. The summed E-state index contributed by atoms with van der Waals surface area (Å²) in [6.45, 7) is 1.66. The Labute approximate surface area is 101 Å². The van der Waals surface area contributed by atoms with E-state index >= 15 is 0 Å². The van der Waals surface area contributed by atoms with Crippen molar-refractivity contribution in [2.24, 2.45) is 0 Å². The van der Waals surface area contributed by atoms with Crippen LogP contribution in [0.25, 0.3) is 5.69 Å². The number of aromatic carboxylic acids is 1. The fourth-order valence-electron chi connectivity index (χ4n) is 1.47. The summed E-state index contributed by atoms with van der Waals surface area (Å²) in [6, 6.07) is 4.14. The number of benzene rings is 1. The predicted molar refractivity (Wildman–Crippen MR) is 60.2 cm³/mol. The third-order valence-electron chi connectivity index (χ3n) is 2.28. The Morgan fingerprint density at radius 2 is 2.24 bits per heavy atom. The highest BCUT2D eigenvalue weighted by atomic mass is 35.5. The van der Waals surface area contributed by atoms with Gasteiger partial charge in [0.1, 0.15) is 11.6 Å². The molecule has 1 aromatic carbocycles. The molecule has 0 bridgehead atoms. The van der Waals surface area contributed by atoms with Gasteiger partial charge in [-0.05, 0) is 25.1 Å². The quantitative estimate of drug-likeness (QED) is 0.896. The summed E-state index contributed by atoms with van der Waals surface area (Å²) in [6.07, 6.45) is 1.36. The van der Waals surface area contributed by atoms with E-state index in [-0.39, 0.29) is 10.7 Å². The van der Waals surface area contributed by atoms with Gasteiger partial charge in [0.2, 0.25) is 0 Å². The molecule has 17 heavy (non-hydrogen) atoms. The third-order valence-corrected chi connectivity index (χ3v) is 2.57. The number of rotatable bonds is 2. The van der Waals surface area contributed by atoms with Gasteiger partial charge in [0.15, 0.2) is 5.69 Å². The van der Waals surface area contributed by atoms with E-state index in [0.717, 1.165) is 0 Å². The zero-order valence-corrected chi connectivity index (χ0v) is 9.57. The molecule has 0 aliphatic rings. The molecule has 1 aromatic heterocycles. The first-order valence-corrected chi connectivity index (χ1v) is 5.11. The van der Waals surface area contributed by atoms with Crippen LogP contribution >= 0.6 is 11.6 Å². The summed E-state index contributed by atoms with van der Waals surface area (Å²) >= 11 is 5.66. The van der Waals surface area contributed by atoms with Gasteiger partial charge in [0, 0.05) is 11.9 Å². The first-order valence-electron chi connectivity index (χ1n) is 4.74. The molecule has 0 spiro atoms. The highest BCUT2D eigenvalue weighted by Gasteiger charge is 2.12. The Kier molecular flexibility index (Phi) is 2.85. The highest BCUT2D eigenvalue weighted by molar-refractivity contribution is 6.30. The van der Waals surface area contributed by atoms with Gasteiger partial charge in [0.25, 0.3) is 0 Å². The van der Waals surface area contributed by atoms with Gasteiger partial charge in [-0.3, -0.25) is 0 Å². The lowest BCUT2D eigenvalue weighted by Gasteiger charge is -2.05. The molecule has 1 heterocycles. The summed E-state index contributed by atoms with van der Waals surface area (Å²) in [5, 5.41) is 8.79. The summed E-state index contributed by atoms with van der Waals surface area (Å²) in [7, 11) is 0. The van der Waals surface area contributed by atoms with E-state index in [4.69, 9.17) is 16.7 Å². The van der Waals surface area contributed by atoms with Crippen LogP contribution < -0.4 is 0 Å². The third kappa shape index (κ3) is 2.14. The van der Waals surface area contributed by atoms with Crippen LogP contribution in [0.1, 0.15) is 16.3 Å². The van der Waals surface area contributed by atoms with Gasteiger partial charge in [-0.15, -0.1) is 0 Å². The van der Waals surface area contributed by atoms with Gasteiger partial charge in [-0.25, -0.2) is 14.2 Å². The van der Waals surface area contributed by atoms with Crippen LogP contribution in [-0.4, -0.2) is 20.6 Å². The second-order valence-electron chi connectivity index (χ2n) is 3.45. The number of nitrogens with zero attached hydrogens (tertiary/aromatic N) is 2. The van der Waals surface area contributed by atoms with Gasteiger partial charge in [0.05, 0.1) is 5.02 Å². The van der Waals surface area contributed by atoms with Crippen LogP contribution in [-0.2, 0) is 0 Å². The number of halogens is 2. The monoisotopic (exact) mass is 254 g/mol. The average molecular weight is 255 g/mol. The molecule has 2 rings (SSSR count). The van der Waals surface area contributed by atoms with E-state index in [1.54, 1.807) is 6.92 Å². The molecule has 0 fully saturated rings. The predicted octanol–water partition coefficient (Wildman–Crippen LogP) is 2.67. The average Bonchev–Trinajstić information content (AvgIpc) is 2.65. The molecule has 0 radical (unpaired) electrons. The van der Waals surface area contributed by atoms with Crippen LogP contribution in [0.4, 0.5) is 4.39 Å². The number of hydrogen-bond acceptors (Lipinski definition) is 2. The Balaban J connectivity index is 2.52. The minimum absolute atomic E-state index is 0.0209. The van der Waals surface area contributed by atoms with Crippen molar-refractivity contribution in [3.05, 3.63) is 46.8 Å². The second kappa shape index (κ2) is 4.18. The van der Waals surface area contributed by atoms with Crippen LogP contribution in [0, 0.1) is 12.7 Å². The van der Waals surface area contributed by atoms with Crippen LogP contribution in [0.2, 0.25) is 5.02 Å². The van der Waals surface area contributed by atoms with Crippen LogP contribution in [0.15, 0.2) is 24.4 Å². The van der Waals surface area contributed by atoms with Crippen molar-refractivity contribution in [1.29, 1.82) is 0 Å². The molecule has 6 heteroatoms. The van der Waals surface area contributed by atoms with Crippen molar-refractivity contribution >= 4 is 17.6 Å². The standard InChI is InChI=1S/C11H8ClFN2O2/c1-6-14-10(11(16)17)5-15(6)7-2-3-9(13)8(12)4-7/h2-5H,1H3,(H,16,17). The van der Waals surface area contributed by atoms with E-state index < -0.39 is 11.8 Å². The maximum atomic E-state index is 13.0. The van der Waals surface area contributed by atoms with Crippen molar-refractivity contribution < 1.29 is 14.3 Å². The van der Waals surface area contributed by atoms with E-state index in [2.05, 4.69) is 4.98 Å². The maximum absolute atomic E-state index is 13.0. The smallest absolute Gasteiger partial charge is 0.356 e. The van der Waals surface area contributed by atoms with Crippen molar-refractivity contribution in [3.8, 4) is 5.69 Å². The number of carboxylic acids is 1. The summed E-state index contributed by atoms with van der Waals surface area (Å²) < 4.78 is 14.5. The van der Waals surface area contributed by atoms with Gasteiger partial charge in [-0.1, -0.05) is 11.6 Å². The van der Waals surface area contributed by atoms with E-state index in [9.17, 15) is 9.18 Å². The van der Waals surface area contributed by atoms with Crippen molar-refractivity contribution in [1.82, 2.24) is 9.55 Å². The Morgan fingerprint density at radius 1 is 1.53 bits per heavy atom. The maximum Gasteiger partial charge on any atom is 0.356 e. The Bertz CT molecular complexity index is 595. The fourth-order valence-corrected chi connectivity index (χ4v) is 1.65. The second-order valence-corrected chi connectivity index (χ2v) is 3.85. The van der Waals surface area contributed by atoms with Crippen molar-refractivity contribution in [3.63, 3.8) is 0 Å². The lowest BCUT2D eigenvalue weighted by molar-refractivity contribution is 0.0691. The molecule has 88 valence electrons. The van der Waals surface area contributed by atoms with Gasteiger partial charge in [-0.2, -0.15) is 0 Å². The van der Waals surface area contributed by atoms with E-state index in [1.807, 2.05) is 0 Å². The van der Waals surface area contributed by atoms with Crippen LogP contribution in [0.3, 0.4) is 0 Å². The van der Waals surface area contributed by atoms with Gasteiger partial charge >= 0.3 is 5.97 Å². The number of aromatic nitrogens is 2. The largest absolute Gasteiger partial charge is 0.476 e. The Morgan fingerprint density at radius 3 is 2.76 bits per heavy atom. The SMILES string of the molecule is Cc1nc(C(=O)O)cn1-c1ccc(F)c(Cl)c1. The topological polar surface area (TPSA) is 55.1 Å². The number of hydrogen-bond donors (Lipinski definition) is 1. The summed E-state index contributed by atoms with van der Waals surface area (Å²) in [4.78, 5) is 14.6. The van der Waals surface area contributed by atoms with E-state index in [0.29, 0.717) is 11.5 Å². The minimum Gasteiger partial charge on any atom is -0.476 e. The molecule has 1 N–H and O–H groups in total. The van der Waals surface area contributed by atoms with Crippen LogP contribution in [0.5, 0.6) is 0 Å². The molecule has 0 atom stereocenters. The molecular weight excluding hydrogens is 247 g/mol. The zero-order chi connectivity index (χ0) is 12.6. The molecule has 0 aliphatic carbocycles. The highest BCUT2D eigenvalue weighted by Crippen LogP contribution is 2.20. The molecule has 0 aliphatic heterocycles. The molecule has 2 aromatic rings. The number of aryl methyl sites for hydroxylation is 1. The molecule has 0 amide bonds. The zero-order valence-electron chi connectivity index (χ0n) is 8.82. The first-order chi connectivity index (χ1) is 7.99. The van der Waals surface area contributed by atoms with E-state index in [1.165, 1.54) is 29.0 Å². The molecule has 0 unspecified atom stereocenters. The summed E-state index contributed by atoms with van der Waals surface area (Å²) in [5.74, 6) is -1.14. The molecular formula is C11H8ClFN2O2. The lowest BCUT2D eigenvalue weighted by Crippen LogP contribution is -1.96. The lowest BCUT2D eigenvalue weighted by atomic mass is 10.3. The van der Waals surface area contributed by atoms with Crippen molar-refractivity contribution in [2.45, 2.75) is 6.92 Å². The normalized spacial score (nSPS) is 10.5. The molecule has 0 saturated carbocycles.